The summed E-state index contributed by atoms with van der Waals surface area (Å²) < 4.78 is 1.05. The standard InChI is InChI=1S/C14H22N.BrH/c1-5-10-15(3,4)12-14-9-7-8-13(6-2)11-14;/h6-9,11H,2,5,10,12H2,1,3-4H3;1H/q+1;/p-1. The molecular weight excluding hydrogens is 262 g/mol. The van der Waals surface area contributed by atoms with E-state index in [0.717, 1.165) is 11.0 Å². The number of nitrogens with zero attached hydrogens (tertiary/aromatic N) is 1. The Labute approximate surface area is 110 Å². The van der Waals surface area contributed by atoms with Gasteiger partial charge in [0.25, 0.3) is 0 Å². The summed E-state index contributed by atoms with van der Waals surface area (Å²) in [6.45, 7) is 8.35. The van der Waals surface area contributed by atoms with Crippen LogP contribution < -0.4 is 17.0 Å². The number of rotatable bonds is 5. The van der Waals surface area contributed by atoms with Gasteiger partial charge in [-0.1, -0.05) is 37.8 Å². The van der Waals surface area contributed by atoms with Gasteiger partial charge < -0.3 is 21.5 Å². The molecule has 0 saturated carbocycles. The highest BCUT2D eigenvalue weighted by atomic mass is 79.9. The second-order valence-corrected chi connectivity index (χ2v) is 4.77. The summed E-state index contributed by atoms with van der Waals surface area (Å²) in [5.41, 5.74) is 2.61. The van der Waals surface area contributed by atoms with Crippen molar-refractivity contribution in [3.8, 4) is 0 Å². The lowest BCUT2D eigenvalue weighted by Crippen LogP contribution is -3.00. The van der Waals surface area contributed by atoms with E-state index in [4.69, 9.17) is 0 Å². The summed E-state index contributed by atoms with van der Waals surface area (Å²) in [5.74, 6) is 0. The average Bonchev–Trinajstić information content (AvgIpc) is 2.17. The van der Waals surface area contributed by atoms with E-state index < -0.39 is 0 Å². The van der Waals surface area contributed by atoms with E-state index in [0.29, 0.717) is 0 Å². The minimum absolute atomic E-state index is 0. The number of benzene rings is 1. The molecule has 0 radical (unpaired) electrons. The molecule has 0 atom stereocenters. The molecule has 0 heterocycles. The summed E-state index contributed by atoms with van der Waals surface area (Å²) in [6.07, 6.45) is 3.14. The van der Waals surface area contributed by atoms with E-state index in [-0.39, 0.29) is 17.0 Å². The van der Waals surface area contributed by atoms with Crippen molar-refractivity contribution in [2.45, 2.75) is 19.9 Å². The van der Waals surface area contributed by atoms with Crippen molar-refractivity contribution in [1.82, 2.24) is 0 Å². The number of quaternary nitrogens is 1. The number of halogens is 1. The zero-order valence-electron chi connectivity index (χ0n) is 10.5. The molecule has 0 amide bonds. The third-order valence-electron chi connectivity index (χ3n) is 2.63. The van der Waals surface area contributed by atoms with Crippen LogP contribution in [0, 0.1) is 0 Å². The lowest BCUT2D eigenvalue weighted by Gasteiger charge is -2.29. The molecule has 90 valence electrons. The smallest absolute Gasteiger partial charge is 0.104 e. The van der Waals surface area contributed by atoms with Crippen molar-refractivity contribution in [2.75, 3.05) is 20.6 Å². The van der Waals surface area contributed by atoms with Crippen molar-refractivity contribution < 1.29 is 21.5 Å². The second-order valence-electron chi connectivity index (χ2n) is 4.77. The van der Waals surface area contributed by atoms with E-state index in [2.05, 4.69) is 51.9 Å². The van der Waals surface area contributed by atoms with Crippen molar-refractivity contribution in [2.24, 2.45) is 0 Å². The highest BCUT2D eigenvalue weighted by molar-refractivity contribution is 5.47. The van der Waals surface area contributed by atoms with Gasteiger partial charge in [0.15, 0.2) is 0 Å². The number of hydrogen-bond acceptors (Lipinski definition) is 0. The number of hydrogen-bond donors (Lipinski definition) is 0. The van der Waals surface area contributed by atoms with E-state index in [1.807, 2.05) is 6.08 Å². The van der Waals surface area contributed by atoms with Gasteiger partial charge in [0.2, 0.25) is 0 Å². The Morgan fingerprint density at radius 2 is 2.00 bits per heavy atom. The molecule has 0 saturated heterocycles. The van der Waals surface area contributed by atoms with Crippen LogP contribution in [0.3, 0.4) is 0 Å². The fourth-order valence-corrected chi connectivity index (χ4v) is 2.00. The minimum atomic E-state index is 0. The van der Waals surface area contributed by atoms with Crippen molar-refractivity contribution in [3.63, 3.8) is 0 Å². The molecule has 0 unspecified atom stereocenters. The third kappa shape index (κ3) is 4.95. The molecular formula is C14H22BrN. The highest BCUT2D eigenvalue weighted by Crippen LogP contribution is 2.12. The van der Waals surface area contributed by atoms with Gasteiger partial charge in [-0.15, -0.1) is 0 Å². The molecule has 1 rings (SSSR count). The molecule has 16 heavy (non-hydrogen) atoms. The van der Waals surface area contributed by atoms with Crippen LogP contribution in [0.15, 0.2) is 30.8 Å². The summed E-state index contributed by atoms with van der Waals surface area (Å²) in [4.78, 5) is 0. The maximum Gasteiger partial charge on any atom is 0.104 e. The lowest BCUT2D eigenvalue weighted by atomic mass is 10.1. The second kappa shape index (κ2) is 6.87. The maximum atomic E-state index is 3.80. The van der Waals surface area contributed by atoms with Crippen LogP contribution in [0.25, 0.3) is 6.08 Å². The van der Waals surface area contributed by atoms with Gasteiger partial charge in [0, 0.05) is 5.56 Å². The van der Waals surface area contributed by atoms with Gasteiger partial charge in [-0.05, 0) is 18.1 Å². The quantitative estimate of drug-likeness (QED) is 0.683. The Kier molecular flexibility index (Phi) is 6.61. The first kappa shape index (κ1) is 15.4. The van der Waals surface area contributed by atoms with E-state index >= 15 is 0 Å². The largest absolute Gasteiger partial charge is 1.00 e. The van der Waals surface area contributed by atoms with Crippen LogP contribution in [0.4, 0.5) is 0 Å². The lowest BCUT2D eigenvalue weighted by molar-refractivity contribution is -0.903. The molecule has 0 aliphatic carbocycles. The Balaban J connectivity index is 0.00000225. The molecule has 0 N–H and O–H groups in total. The highest BCUT2D eigenvalue weighted by Gasteiger charge is 2.13. The molecule has 1 aromatic rings. The van der Waals surface area contributed by atoms with Crippen LogP contribution in [-0.2, 0) is 6.54 Å². The Hall–Kier alpha value is -0.600. The minimum Gasteiger partial charge on any atom is -1.00 e. The zero-order chi connectivity index (χ0) is 11.3. The third-order valence-corrected chi connectivity index (χ3v) is 2.63. The monoisotopic (exact) mass is 283 g/mol. The summed E-state index contributed by atoms with van der Waals surface area (Å²) in [5, 5.41) is 0. The van der Waals surface area contributed by atoms with E-state index in [1.165, 1.54) is 24.1 Å². The fraction of sp³-hybridized carbons (Fsp3) is 0.429. The molecule has 0 aliphatic rings. The van der Waals surface area contributed by atoms with E-state index in [1.54, 1.807) is 0 Å². The average molecular weight is 284 g/mol. The first-order valence-corrected chi connectivity index (χ1v) is 5.61. The van der Waals surface area contributed by atoms with Crippen LogP contribution in [-0.4, -0.2) is 25.1 Å². The van der Waals surface area contributed by atoms with Crippen molar-refractivity contribution in [3.05, 3.63) is 42.0 Å². The van der Waals surface area contributed by atoms with Crippen LogP contribution in [0.5, 0.6) is 0 Å². The normalized spacial score (nSPS) is 10.7. The van der Waals surface area contributed by atoms with Crippen molar-refractivity contribution in [1.29, 1.82) is 0 Å². The van der Waals surface area contributed by atoms with Gasteiger partial charge in [0.1, 0.15) is 6.54 Å². The van der Waals surface area contributed by atoms with Gasteiger partial charge in [0.05, 0.1) is 20.6 Å². The summed E-state index contributed by atoms with van der Waals surface area (Å²) in [7, 11) is 4.56. The van der Waals surface area contributed by atoms with Crippen LogP contribution in [0.1, 0.15) is 24.5 Å². The molecule has 0 bridgehead atoms. The molecule has 2 heteroatoms. The molecule has 0 aromatic heterocycles. The maximum absolute atomic E-state index is 3.80. The zero-order valence-corrected chi connectivity index (χ0v) is 12.1. The van der Waals surface area contributed by atoms with Crippen LogP contribution in [0.2, 0.25) is 0 Å². The first-order valence-electron chi connectivity index (χ1n) is 5.61. The molecule has 1 nitrogen and oxygen atoms in total. The van der Waals surface area contributed by atoms with Gasteiger partial charge in [-0.3, -0.25) is 0 Å². The van der Waals surface area contributed by atoms with E-state index in [9.17, 15) is 0 Å². The Morgan fingerprint density at radius 3 is 2.56 bits per heavy atom. The molecule has 0 spiro atoms. The summed E-state index contributed by atoms with van der Waals surface area (Å²) in [6, 6.07) is 8.62. The van der Waals surface area contributed by atoms with Gasteiger partial charge >= 0.3 is 0 Å². The van der Waals surface area contributed by atoms with Gasteiger partial charge in [-0.25, -0.2) is 0 Å². The van der Waals surface area contributed by atoms with Crippen LogP contribution >= 0.6 is 0 Å². The fourth-order valence-electron chi connectivity index (χ4n) is 2.00. The molecule has 1 aromatic carbocycles. The van der Waals surface area contributed by atoms with Gasteiger partial charge in [-0.2, -0.15) is 0 Å². The molecule has 0 fully saturated rings. The Bertz CT molecular complexity index is 331. The predicted molar refractivity (Wildman–Crippen MR) is 67.5 cm³/mol. The summed E-state index contributed by atoms with van der Waals surface area (Å²) >= 11 is 0. The topological polar surface area (TPSA) is 0 Å². The molecule has 0 aliphatic heterocycles. The predicted octanol–water partition coefficient (Wildman–Crippen LogP) is 0.320. The Morgan fingerprint density at radius 1 is 1.31 bits per heavy atom. The first-order chi connectivity index (χ1) is 7.07. The SMILES string of the molecule is C=Cc1cccc(C[N+](C)(C)CCC)c1.[Br-]. The van der Waals surface area contributed by atoms with Crippen molar-refractivity contribution >= 4 is 6.08 Å².